The Bertz CT molecular complexity index is 1870. The highest BCUT2D eigenvalue weighted by Crippen LogP contribution is 2.35. The average Bonchev–Trinajstić information content (AvgIpc) is 3.59. The number of rotatable bonds is 10. The van der Waals surface area contributed by atoms with E-state index in [0.29, 0.717) is 47.0 Å². The Kier molecular flexibility index (Phi) is 8.75. The molecule has 1 saturated carbocycles. The lowest BCUT2D eigenvalue weighted by atomic mass is 9.80. The van der Waals surface area contributed by atoms with E-state index in [1.54, 1.807) is 18.5 Å². The first-order valence-electron chi connectivity index (χ1n) is 15.1. The van der Waals surface area contributed by atoms with Crippen molar-refractivity contribution in [3.05, 3.63) is 60.4 Å². The second-order valence-corrected chi connectivity index (χ2v) is 14.5. The SMILES string of the molecule is CN(C)CC1(C)CCN(c2cc(Nc3ccnc(-c4cnn(S(=O)(=O)C5CC5)c4)n3)ncc2C#Cc2cnn(CC(F)F)c2)CC1. The molecular weight excluding hydrogens is 614 g/mol. The normalized spacial score (nSPS) is 16.5. The van der Waals surface area contributed by atoms with Crippen LogP contribution in [0.3, 0.4) is 0 Å². The predicted molar refractivity (Wildman–Crippen MR) is 170 cm³/mol. The second-order valence-electron chi connectivity index (χ2n) is 12.5. The van der Waals surface area contributed by atoms with Crippen LogP contribution >= 0.6 is 0 Å². The number of anilines is 3. The smallest absolute Gasteiger partial charge is 0.257 e. The molecular formula is C31H36F2N10O2S. The van der Waals surface area contributed by atoms with Crippen LogP contribution in [0.2, 0.25) is 0 Å². The van der Waals surface area contributed by atoms with Crippen molar-refractivity contribution in [3.63, 3.8) is 0 Å². The molecule has 5 heterocycles. The van der Waals surface area contributed by atoms with E-state index < -0.39 is 23.0 Å². The third-order valence-electron chi connectivity index (χ3n) is 8.13. The number of pyridine rings is 1. The average molecular weight is 651 g/mol. The van der Waals surface area contributed by atoms with E-state index in [0.717, 1.165) is 42.3 Å². The van der Waals surface area contributed by atoms with Crippen molar-refractivity contribution in [1.29, 1.82) is 0 Å². The highest BCUT2D eigenvalue weighted by atomic mass is 32.2. The Hall–Kier alpha value is -4.42. The fraction of sp³-hybridized carbons (Fsp3) is 0.452. The number of piperidine rings is 1. The Balaban J connectivity index is 1.25. The Morgan fingerprint density at radius 1 is 1.07 bits per heavy atom. The largest absolute Gasteiger partial charge is 0.370 e. The van der Waals surface area contributed by atoms with Crippen LogP contribution in [0.15, 0.2) is 49.3 Å². The van der Waals surface area contributed by atoms with Gasteiger partial charge in [0, 0.05) is 44.3 Å². The summed E-state index contributed by atoms with van der Waals surface area (Å²) in [6, 6.07) is 3.63. The van der Waals surface area contributed by atoms with Gasteiger partial charge in [-0.3, -0.25) is 4.68 Å². The van der Waals surface area contributed by atoms with Gasteiger partial charge in [-0.05, 0) is 51.3 Å². The third kappa shape index (κ3) is 7.34. The standard InChI is InChI=1S/C31H36F2N10O2S/c1-31(21-40(2)3)9-12-41(13-10-31)26-14-29(35-16-23(26)5-4-22-15-36-42(18-22)20-27(32)33)38-28-8-11-34-30(39-28)24-17-37-43(19-24)46(44,45)25-6-7-25/h8,11,14-19,25,27H,6-7,9-10,12-13,20-21H2,1-3H3,(H,34,35,38,39). The maximum Gasteiger partial charge on any atom is 0.257 e. The Morgan fingerprint density at radius 3 is 2.57 bits per heavy atom. The van der Waals surface area contributed by atoms with Crippen LogP contribution in [0.5, 0.6) is 0 Å². The van der Waals surface area contributed by atoms with E-state index in [4.69, 9.17) is 0 Å². The molecule has 1 N–H and O–H groups in total. The molecule has 4 aromatic heterocycles. The van der Waals surface area contributed by atoms with Crippen molar-refractivity contribution in [2.75, 3.05) is 43.9 Å². The summed E-state index contributed by atoms with van der Waals surface area (Å²) in [5, 5.41) is 10.9. The van der Waals surface area contributed by atoms with Crippen LogP contribution in [-0.4, -0.2) is 92.6 Å². The van der Waals surface area contributed by atoms with Crippen LogP contribution in [0.1, 0.15) is 43.7 Å². The fourth-order valence-corrected chi connectivity index (χ4v) is 7.14. The van der Waals surface area contributed by atoms with Gasteiger partial charge in [-0.15, -0.1) is 0 Å². The van der Waals surface area contributed by atoms with Crippen LogP contribution < -0.4 is 10.2 Å². The second kappa shape index (κ2) is 12.8. The minimum atomic E-state index is -3.50. The molecule has 0 atom stereocenters. The molecule has 12 nitrogen and oxygen atoms in total. The molecule has 1 aliphatic carbocycles. The summed E-state index contributed by atoms with van der Waals surface area (Å²) in [6.07, 6.45) is 9.94. The third-order valence-corrected chi connectivity index (χ3v) is 10.2. The topological polar surface area (TPSA) is 127 Å². The van der Waals surface area contributed by atoms with Crippen LogP contribution in [0.4, 0.5) is 26.1 Å². The number of hydrogen-bond acceptors (Lipinski definition) is 10. The van der Waals surface area contributed by atoms with E-state index in [1.807, 2.05) is 6.07 Å². The monoisotopic (exact) mass is 650 g/mol. The number of halogens is 2. The van der Waals surface area contributed by atoms with Gasteiger partial charge < -0.3 is 15.1 Å². The summed E-state index contributed by atoms with van der Waals surface area (Å²) >= 11 is 0. The minimum absolute atomic E-state index is 0.197. The molecule has 0 radical (unpaired) electrons. The van der Waals surface area contributed by atoms with Crippen molar-refractivity contribution < 1.29 is 17.2 Å². The maximum absolute atomic E-state index is 12.8. The molecule has 0 spiro atoms. The molecule has 1 saturated heterocycles. The number of nitrogens with one attached hydrogen (secondary N) is 1. The van der Waals surface area contributed by atoms with Crippen molar-refractivity contribution in [3.8, 4) is 23.2 Å². The molecule has 2 aliphatic rings. The number of aromatic nitrogens is 7. The van der Waals surface area contributed by atoms with Crippen LogP contribution in [0.25, 0.3) is 11.4 Å². The molecule has 46 heavy (non-hydrogen) atoms. The van der Waals surface area contributed by atoms with Gasteiger partial charge in [-0.25, -0.2) is 32.2 Å². The van der Waals surface area contributed by atoms with Crippen molar-refractivity contribution in [1.82, 2.24) is 38.8 Å². The molecule has 2 fully saturated rings. The van der Waals surface area contributed by atoms with E-state index in [1.165, 1.54) is 29.5 Å². The zero-order valence-corrected chi connectivity index (χ0v) is 26.8. The highest BCUT2D eigenvalue weighted by molar-refractivity contribution is 7.90. The maximum atomic E-state index is 12.8. The van der Waals surface area contributed by atoms with Crippen LogP contribution in [0, 0.1) is 17.3 Å². The van der Waals surface area contributed by atoms with E-state index >= 15 is 0 Å². The van der Waals surface area contributed by atoms with Gasteiger partial charge >= 0.3 is 0 Å². The fourth-order valence-electron chi connectivity index (χ4n) is 5.67. The van der Waals surface area contributed by atoms with E-state index in [9.17, 15) is 17.2 Å². The summed E-state index contributed by atoms with van der Waals surface area (Å²) in [7, 11) is 0.687. The number of alkyl halides is 2. The molecule has 0 bridgehead atoms. The first-order chi connectivity index (χ1) is 22.0. The minimum Gasteiger partial charge on any atom is -0.370 e. The molecule has 0 amide bonds. The molecule has 242 valence electrons. The van der Waals surface area contributed by atoms with Gasteiger partial charge in [0.15, 0.2) is 5.82 Å². The van der Waals surface area contributed by atoms with Gasteiger partial charge in [-0.1, -0.05) is 18.8 Å². The van der Waals surface area contributed by atoms with Gasteiger partial charge in [-0.2, -0.15) is 14.3 Å². The van der Waals surface area contributed by atoms with Gasteiger partial charge in [0.1, 0.15) is 18.2 Å². The van der Waals surface area contributed by atoms with Crippen molar-refractivity contribution >= 4 is 27.3 Å². The zero-order valence-electron chi connectivity index (χ0n) is 25.9. The van der Waals surface area contributed by atoms with Crippen LogP contribution in [-0.2, 0) is 16.6 Å². The summed E-state index contributed by atoms with van der Waals surface area (Å²) in [6.45, 7) is 4.50. The summed E-state index contributed by atoms with van der Waals surface area (Å²) in [5.74, 6) is 7.58. The first kappa shape index (κ1) is 31.6. The Labute approximate surface area is 266 Å². The number of hydrogen-bond donors (Lipinski definition) is 1. The molecule has 0 aromatic carbocycles. The zero-order chi connectivity index (χ0) is 32.5. The number of nitrogens with zero attached hydrogens (tertiary/aromatic N) is 9. The molecule has 0 unspecified atom stereocenters. The molecule has 15 heteroatoms. The van der Waals surface area contributed by atoms with Gasteiger partial charge in [0.25, 0.3) is 16.4 Å². The molecule has 1 aliphatic heterocycles. The quantitative estimate of drug-likeness (QED) is 0.253. The van der Waals surface area contributed by atoms with Gasteiger partial charge in [0.05, 0.1) is 46.2 Å². The summed E-state index contributed by atoms with van der Waals surface area (Å²) < 4.78 is 52.9. The van der Waals surface area contributed by atoms with E-state index in [2.05, 4.69) is 73.1 Å². The van der Waals surface area contributed by atoms with Crippen molar-refractivity contribution in [2.24, 2.45) is 5.41 Å². The van der Waals surface area contributed by atoms with Gasteiger partial charge in [0.2, 0.25) is 0 Å². The first-order valence-corrected chi connectivity index (χ1v) is 16.6. The Morgan fingerprint density at radius 2 is 1.85 bits per heavy atom. The summed E-state index contributed by atoms with van der Waals surface area (Å²) in [5.41, 5.74) is 2.82. The van der Waals surface area contributed by atoms with E-state index in [-0.39, 0.29) is 10.7 Å². The lowest BCUT2D eigenvalue weighted by Crippen LogP contribution is -2.43. The molecule has 4 aromatic rings. The summed E-state index contributed by atoms with van der Waals surface area (Å²) in [4.78, 5) is 18.0. The van der Waals surface area contributed by atoms with Crippen molar-refractivity contribution in [2.45, 2.75) is 50.8 Å². The highest BCUT2D eigenvalue weighted by Gasteiger charge is 2.38. The lowest BCUT2D eigenvalue weighted by molar-refractivity contribution is 0.122. The molecule has 6 rings (SSSR count). The lowest BCUT2D eigenvalue weighted by Gasteiger charge is -2.42. The predicted octanol–water partition coefficient (Wildman–Crippen LogP) is 3.85.